The molecule has 1 unspecified atom stereocenters. The van der Waals surface area contributed by atoms with E-state index < -0.39 is 8.07 Å². The molecule has 0 radical (unpaired) electrons. The van der Waals surface area contributed by atoms with E-state index in [-0.39, 0.29) is 0 Å². The van der Waals surface area contributed by atoms with Crippen molar-refractivity contribution in [2.24, 2.45) is 0 Å². The molecule has 0 rings (SSSR count). The van der Waals surface area contributed by atoms with Crippen LogP contribution in [0.4, 0.5) is 0 Å². The van der Waals surface area contributed by atoms with E-state index in [4.69, 9.17) is 0 Å². The summed E-state index contributed by atoms with van der Waals surface area (Å²) in [5, 5.41) is 0. The van der Waals surface area contributed by atoms with Crippen molar-refractivity contribution in [3.63, 3.8) is 0 Å². The summed E-state index contributed by atoms with van der Waals surface area (Å²) in [7, 11) is -1.56. The molecule has 0 aromatic carbocycles. The maximum absolute atomic E-state index is 12.1. The van der Waals surface area contributed by atoms with Crippen molar-refractivity contribution >= 4 is 13.9 Å². The van der Waals surface area contributed by atoms with Crippen LogP contribution in [0.25, 0.3) is 0 Å². The molecule has 2 heteroatoms. The Hall–Kier alpha value is -0.113. The zero-order valence-corrected chi connectivity index (χ0v) is 13.4. The molecule has 0 heterocycles. The molecule has 0 amide bonds. The molecule has 1 atom stereocenters. The molecule has 1 nitrogen and oxygen atoms in total. The maximum atomic E-state index is 12.1. The number of ketones is 1. The van der Waals surface area contributed by atoms with E-state index >= 15 is 0 Å². The lowest BCUT2D eigenvalue weighted by molar-refractivity contribution is -0.118. The summed E-state index contributed by atoms with van der Waals surface area (Å²) in [5.41, 5.74) is 2.34. The molecule has 0 aromatic heterocycles. The van der Waals surface area contributed by atoms with Crippen molar-refractivity contribution in [3.8, 4) is 0 Å². The number of Topliss-reactive ketones (excluding diaryl/α,β-unsaturated/α-hetero) is 1. The Morgan fingerprint density at radius 1 is 0.875 bits per heavy atom. The summed E-state index contributed by atoms with van der Waals surface area (Å²) in [6.07, 6.45) is 0.697. The third-order valence-electron chi connectivity index (χ3n) is 4.58. The van der Waals surface area contributed by atoms with E-state index in [0.29, 0.717) is 34.4 Å². The second kappa shape index (κ2) is 5.99. The first-order valence-electron chi connectivity index (χ1n) is 6.75. The SMILES string of the molecule is CCC(=O)C(C)[Si](C(C)C)(C(C)C)C(C)C. The van der Waals surface area contributed by atoms with Crippen LogP contribution in [0.15, 0.2) is 0 Å². The monoisotopic (exact) mass is 242 g/mol. The van der Waals surface area contributed by atoms with Crippen LogP contribution in [0.1, 0.15) is 61.8 Å². The lowest BCUT2D eigenvalue weighted by Gasteiger charge is -2.47. The van der Waals surface area contributed by atoms with Gasteiger partial charge in [0.25, 0.3) is 0 Å². The molecule has 0 fully saturated rings. The van der Waals surface area contributed by atoms with Crippen molar-refractivity contribution in [2.45, 2.75) is 84.0 Å². The van der Waals surface area contributed by atoms with Crippen LogP contribution in [-0.4, -0.2) is 13.9 Å². The third kappa shape index (κ3) is 2.58. The van der Waals surface area contributed by atoms with Crippen LogP contribution in [0.5, 0.6) is 0 Å². The molecule has 16 heavy (non-hydrogen) atoms. The van der Waals surface area contributed by atoms with Crippen LogP contribution >= 0.6 is 0 Å². The van der Waals surface area contributed by atoms with Crippen LogP contribution in [0.3, 0.4) is 0 Å². The highest BCUT2D eigenvalue weighted by atomic mass is 28.3. The van der Waals surface area contributed by atoms with Gasteiger partial charge < -0.3 is 0 Å². The van der Waals surface area contributed by atoms with Crippen LogP contribution < -0.4 is 0 Å². The molecule has 0 N–H and O–H groups in total. The first-order chi connectivity index (χ1) is 7.22. The van der Waals surface area contributed by atoms with Gasteiger partial charge in [-0.3, -0.25) is 4.79 Å². The minimum Gasteiger partial charge on any atom is -0.300 e. The Kier molecular flexibility index (Phi) is 5.95. The second-order valence-electron chi connectivity index (χ2n) is 6.01. The van der Waals surface area contributed by atoms with Gasteiger partial charge in [0.05, 0.1) is 8.07 Å². The Morgan fingerprint density at radius 3 is 1.38 bits per heavy atom. The van der Waals surface area contributed by atoms with Gasteiger partial charge in [-0.1, -0.05) is 55.4 Å². The van der Waals surface area contributed by atoms with Gasteiger partial charge in [-0.15, -0.1) is 0 Å². The highest BCUT2D eigenvalue weighted by Gasteiger charge is 2.48. The predicted molar refractivity (Wildman–Crippen MR) is 75.8 cm³/mol. The van der Waals surface area contributed by atoms with E-state index in [1.54, 1.807) is 0 Å². The van der Waals surface area contributed by atoms with Crippen molar-refractivity contribution in [3.05, 3.63) is 0 Å². The van der Waals surface area contributed by atoms with Gasteiger partial charge in [-0.25, -0.2) is 0 Å². The fourth-order valence-electron chi connectivity index (χ4n) is 4.09. The largest absolute Gasteiger partial charge is 0.300 e. The fraction of sp³-hybridized carbons (Fsp3) is 0.929. The number of hydrogen-bond acceptors (Lipinski definition) is 1. The zero-order chi connectivity index (χ0) is 13.1. The summed E-state index contributed by atoms with van der Waals surface area (Å²) >= 11 is 0. The third-order valence-corrected chi connectivity index (χ3v) is 12.4. The van der Waals surface area contributed by atoms with Crippen molar-refractivity contribution in [1.29, 1.82) is 0 Å². The van der Waals surface area contributed by atoms with Crippen molar-refractivity contribution < 1.29 is 4.79 Å². The molecule has 0 saturated heterocycles. The lowest BCUT2D eigenvalue weighted by atomic mass is 10.2. The summed E-state index contributed by atoms with van der Waals surface area (Å²) in [6, 6.07) is 0. The van der Waals surface area contributed by atoms with Gasteiger partial charge >= 0.3 is 0 Å². The summed E-state index contributed by atoms with van der Waals surface area (Å²) < 4.78 is 0. The molecule has 0 spiro atoms. The Balaban J connectivity index is 5.43. The fourth-order valence-corrected chi connectivity index (χ4v) is 11.8. The van der Waals surface area contributed by atoms with Crippen LogP contribution in [0.2, 0.25) is 22.2 Å². The van der Waals surface area contributed by atoms with Gasteiger partial charge in [-0.2, -0.15) is 0 Å². The minimum absolute atomic E-state index is 0.303. The normalized spacial score (nSPS) is 14.9. The van der Waals surface area contributed by atoms with Gasteiger partial charge in [0.15, 0.2) is 0 Å². The molecule has 0 aliphatic carbocycles. The lowest BCUT2D eigenvalue weighted by Crippen LogP contribution is -2.50. The Bertz CT molecular complexity index is 209. The molecular weight excluding hydrogens is 212 g/mol. The maximum Gasteiger partial charge on any atom is 0.132 e. The molecule has 96 valence electrons. The van der Waals surface area contributed by atoms with Crippen LogP contribution in [0, 0.1) is 0 Å². The number of hydrogen-bond donors (Lipinski definition) is 0. The number of carbonyl (C=O) groups excluding carboxylic acids is 1. The van der Waals surface area contributed by atoms with Crippen molar-refractivity contribution in [1.82, 2.24) is 0 Å². The van der Waals surface area contributed by atoms with E-state index in [1.807, 2.05) is 6.92 Å². The quantitative estimate of drug-likeness (QED) is 0.597. The van der Waals surface area contributed by atoms with Gasteiger partial charge in [0.2, 0.25) is 0 Å². The van der Waals surface area contributed by atoms with Crippen LogP contribution in [-0.2, 0) is 4.79 Å². The Morgan fingerprint density at radius 2 is 1.19 bits per heavy atom. The standard InChI is InChI=1S/C14H30OSi/c1-9-14(15)13(8)16(10(2)3,11(4)5)12(6)7/h10-13H,9H2,1-8H3. The van der Waals surface area contributed by atoms with E-state index in [9.17, 15) is 4.79 Å². The molecular formula is C14H30OSi. The van der Waals surface area contributed by atoms with Gasteiger partial charge in [0.1, 0.15) is 5.78 Å². The highest BCUT2D eigenvalue weighted by molar-refractivity contribution is 6.87. The van der Waals surface area contributed by atoms with E-state index in [0.717, 1.165) is 0 Å². The number of carbonyl (C=O) groups is 1. The first-order valence-corrected chi connectivity index (χ1v) is 9.06. The second-order valence-corrected chi connectivity index (χ2v) is 12.3. The van der Waals surface area contributed by atoms with E-state index in [1.165, 1.54) is 0 Å². The zero-order valence-electron chi connectivity index (χ0n) is 12.4. The smallest absolute Gasteiger partial charge is 0.132 e. The average Bonchev–Trinajstić information content (AvgIpc) is 2.15. The van der Waals surface area contributed by atoms with Gasteiger partial charge in [0, 0.05) is 12.0 Å². The molecule has 0 aromatic rings. The first kappa shape index (κ1) is 15.9. The van der Waals surface area contributed by atoms with Crippen molar-refractivity contribution in [2.75, 3.05) is 0 Å². The highest BCUT2D eigenvalue weighted by Crippen LogP contribution is 2.49. The molecule has 0 aliphatic heterocycles. The topological polar surface area (TPSA) is 17.1 Å². The molecule has 0 aliphatic rings. The molecule has 0 saturated carbocycles. The summed E-state index contributed by atoms with van der Waals surface area (Å²) in [5.74, 6) is 0.475. The van der Waals surface area contributed by atoms with E-state index in [2.05, 4.69) is 48.5 Å². The molecule has 0 bridgehead atoms. The minimum atomic E-state index is -1.56. The summed E-state index contributed by atoms with van der Waals surface area (Å²) in [4.78, 5) is 12.1. The summed E-state index contributed by atoms with van der Waals surface area (Å²) in [6.45, 7) is 18.1. The van der Waals surface area contributed by atoms with Gasteiger partial charge in [-0.05, 0) is 16.6 Å². The Labute approximate surface area is 103 Å². The number of rotatable bonds is 6. The predicted octanol–water partition coefficient (Wildman–Crippen LogP) is 5.03. The average molecular weight is 242 g/mol.